The van der Waals surface area contributed by atoms with E-state index >= 15 is 0 Å². The van der Waals surface area contributed by atoms with Crippen LogP contribution in [0.15, 0.2) is 60.9 Å². The van der Waals surface area contributed by atoms with Gasteiger partial charge >= 0.3 is 5.97 Å². The van der Waals surface area contributed by atoms with Crippen LogP contribution in [0.25, 0.3) is 11.3 Å². The van der Waals surface area contributed by atoms with E-state index in [0.717, 1.165) is 41.6 Å². The molecule has 1 aromatic heterocycles. The number of hydrogen-bond acceptors (Lipinski definition) is 4. The molecule has 0 fully saturated rings. The quantitative estimate of drug-likeness (QED) is 0.726. The second-order valence-corrected chi connectivity index (χ2v) is 6.79. The molecule has 1 atom stereocenters. The summed E-state index contributed by atoms with van der Waals surface area (Å²) in [5.41, 5.74) is 5.28. The first-order chi connectivity index (χ1) is 13.2. The molecular weight excluding hydrogens is 338 g/mol. The number of carboxylic acids is 1. The fraction of sp³-hybridized carbons (Fsp3) is 0.227. The molecule has 1 aliphatic rings. The second-order valence-electron chi connectivity index (χ2n) is 6.79. The highest BCUT2D eigenvalue weighted by molar-refractivity contribution is 5.79. The van der Waals surface area contributed by atoms with Gasteiger partial charge in [0.1, 0.15) is 18.2 Å². The number of rotatable bonds is 5. The average Bonchev–Trinajstić information content (AvgIpc) is 2.88. The number of fused-ring (bicyclic) bond motifs is 3. The molecular formula is C22H21N3O2. The van der Waals surface area contributed by atoms with Gasteiger partial charge in [0.25, 0.3) is 0 Å². The van der Waals surface area contributed by atoms with Crippen molar-refractivity contribution >= 4 is 11.8 Å². The van der Waals surface area contributed by atoms with Crippen LogP contribution in [0.2, 0.25) is 0 Å². The highest BCUT2D eigenvalue weighted by Crippen LogP contribution is 2.33. The first-order valence-electron chi connectivity index (χ1n) is 9.18. The lowest BCUT2D eigenvalue weighted by atomic mass is 10.0. The van der Waals surface area contributed by atoms with Crippen molar-refractivity contribution in [2.45, 2.75) is 31.7 Å². The molecule has 0 spiro atoms. The van der Waals surface area contributed by atoms with Crippen LogP contribution in [-0.4, -0.2) is 27.1 Å². The van der Waals surface area contributed by atoms with Crippen LogP contribution in [0.3, 0.4) is 0 Å². The molecule has 0 saturated carbocycles. The van der Waals surface area contributed by atoms with E-state index in [1.54, 1.807) is 0 Å². The number of nitrogens with one attached hydrogen (secondary N) is 1. The molecule has 0 radical (unpaired) electrons. The number of nitrogens with zero attached hydrogens (tertiary/aromatic N) is 2. The Hall–Kier alpha value is -3.21. The van der Waals surface area contributed by atoms with Gasteiger partial charge in [0, 0.05) is 17.5 Å². The molecule has 1 heterocycles. The lowest BCUT2D eigenvalue weighted by molar-refractivity contribution is -0.137. The van der Waals surface area contributed by atoms with Crippen molar-refractivity contribution in [3.05, 3.63) is 77.6 Å². The Morgan fingerprint density at radius 1 is 1.04 bits per heavy atom. The number of carbonyl (C=O) groups is 1. The highest BCUT2D eigenvalue weighted by Gasteiger charge is 2.23. The SMILES string of the molecule is O=C(O)[C@H](Cc1ccccc1)Nc1ncnc2c1CCCc1ccccc1-2. The van der Waals surface area contributed by atoms with E-state index in [9.17, 15) is 9.90 Å². The maximum Gasteiger partial charge on any atom is 0.326 e. The maximum atomic E-state index is 11.8. The Morgan fingerprint density at radius 2 is 1.81 bits per heavy atom. The summed E-state index contributed by atoms with van der Waals surface area (Å²) < 4.78 is 0. The number of aromatic nitrogens is 2. The summed E-state index contributed by atoms with van der Waals surface area (Å²) in [7, 11) is 0. The fourth-order valence-corrected chi connectivity index (χ4v) is 3.65. The van der Waals surface area contributed by atoms with Gasteiger partial charge in [-0.05, 0) is 30.4 Å². The molecule has 0 aliphatic heterocycles. The monoisotopic (exact) mass is 359 g/mol. The topological polar surface area (TPSA) is 75.1 Å². The normalized spacial score (nSPS) is 13.8. The van der Waals surface area contributed by atoms with Crippen LogP contribution in [0.5, 0.6) is 0 Å². The molecule has 3 aromatic rings. The van der Waals surface area contributed by atoms with Crippen molar-refractivity contribution in [1.29, 1.82) is 0 Å². The minimum Gasteiger partial charge on any atom is -0.480 e. The molecule has 5 nitrogen and oxygen atoms in total. The van der Waals surface area contributed by atoms with E-state index in [-0.39, 0.29) is 0 Å². The van der Waals surface area contributed by atoms with Crippen molar-refractivity contribution in [3.8, 4) is 11.3 Å². The van der Waals surface area contributed by atoms with Crippen molar-refractivity contribution in [1.82, 2.24) is 9.97 Å². The van der Waals surface area contributed by atoms with Crippen LogP contribution < -0.4 is 5.32 Å². The molecule has 5 heteroatoms. The standard InChI is InChI=1S/C22H21N3O2/c26-22(27)19(13-15-7-2-1-3-8-15)25-21-18-12-6-10-16-9-4-5-11-17(16)20(18)23-14-24-21/h1-5,7-9,11,14,19H,6,10,12-13H2,(H,26,27)(H,23,24,25)/t19-/m0/s1. The predicted molar refractivity (Wildman–Crippen MR) is 105 cm³/mol. The zero-order valence-electron chi connectivity index (χ0n) is 14.9. The van der Waals surface area contributed by atoms with E-state index in [2.05, 4.69) is 27.4 Å². The minimum atomic E-state index is -0.889. The summed E-state index contributed by atoms with van der Waals surface area (Å²) in [4.78, 5) is 20.7. The Bertz CT molecular complexity index is 957. The Labute approximate surface area is 158 Å². The van der Waals surface area contributed by atoms with Crippen molar-refractivity contribution in [2.75, 3.05) is 5.32 Å². The summed E-state index contributed by atoms with van der Waals surface area (Å²) in [5.74, 6) is -0.264. The van der Waals surface area contributed by atoms with E-state index in [0.29, 0.717) is 12.2 Å². The average molecular weight is 359 g/mol. The van der Waals surface area contributed by atoms with Gasteiger partial charge < -0.3 is 10.4 Å². The number of aliphatic carboxylic acids is 1. The van der Waals surface area contributed by atoms with Crippen LogP contribution in [-0.2, 0) is 24.1 Å². The second kappa shape index (κ2) is 7.58. The van der Waals surface area contributed by atoms with Gasteiger partial charge in [-0.15, -0.1) is 0 Å². The number of carboxylic acid groups (broad SMARTS) is 1. The van der Waals surface area contributed by atoms with Gasteiger partial charge in [0.15, 0.2) is 0 Å². The maximum absolute atomic E-state index is 11.8. The molecule has 0 unspecified atom stereocenters. The molecule has 2 aromatic carbocycles. The molecule has 0 bridgehead atoms. The van der Waals surface area contributed by atoms with E-state index in [4.69, 9.17) is 0 Å². The highest BCUT2D eigenvalue weighted by atomic mass is 16.4. The zero-order chi connectivity index (χ0) is 18.6. The summed E-state index contributed by atoms with van der Waals surface area (Å²) in [5, 5.41) is 12.9. The van der Waals surface area contributed by atoms with E-state index < -0.39 is 12.0 Å². The lowest BCUT2D eigenvalue weighted by Gasteiger charge is -2.18. The van der Waals surface area contributed by atoms with Gasteiger partial charge in [-0.1, -0.05) is 54.6 Å². The Balaban J connectivity index is 1.68. The number of aryl methyl sites for hydroxylation is 1. The van der Waals surface area contributed by atoms with Gasteiger partial charge in [-0.3, -0.25) is 0 Å². The van der Waals surface area contributed by atoms with Crippen molar-refractivity contribution < 1.29 is 9.90 Å². The van der Waals surface area contributed by atoms with E-state index in [1.807, 2.05) is 42.5 Å². The fourth-order valence-electron chi connectivity index (χ4n) is 3.65. The zero-order valence-corrected chi connectivity index (χ0v) is 14.9. The first-order valence-corrected chi connectivity index (χ1v) is 9.18. The largest absolute Gasteiger partial charge is 0.480 e. The molecule has 136 valence electrons. The van der Waals surface area contributed by atoms with Gasteiger partial charge in [-0.25, -0.2) is 14.8 Å². The predicted octanol–water partition coefficient (Wildman–Crippen LogP) is 3.74. The smallest absolute Gasteiger partial charge is 0.326 e. The summed E-state index contributed by atoms with van der Waals surface area (Å²) >= 11 is 0. The lowest BCUT2D eigenvalue weighted by Crippen LogP contribution is -2.32. The number of anilines is 1. The summed E-state index contributed by atoms with van der Waals surface area (Å²) in [6.45, 7) is 0. The van der Waals surface area contributed by atoms with Crippen LogP contribution in [0.1, 0.15) is 23.1 Å². The Morgan fingerprint density at radius 3 is 2.63 bits per heavy atom. The third-order valence-corrected chi connectivity index (χ3v) is 4.98. The van der Waals surface area contributed by atoms with Crippen LogP contribution in [0.4, 0.5) is 5.82 Å². The summed E-state index contributed by atoms with van der Waals surface area (Å²) in [6, 6.07) is 17.2. The molecule has 27 heavy (non-hydrogen) atoms. The van der Waals surface area contributed by atoms with Gasteiger partial charge in [0.2, 0.25) is 0 Å². The van der Waals surface area contributed by atoms with Crippen molar-refractivity contribution in [3.63, 3.8) is 0 Å². The minimum absolute atomic E-state index is 0.394. The number of hydrogen-bond donors (Lipinski definition) is 2. The van der Waals surface area contributed by atoms with Crippen LogP contribution in [0, 0.1) is 0 Å². The van der Waals surface area contributed by atoms with Crippen LogP contribution >= 0.6 is 0 Å². The third-order valence-electron chi connectivity index (χ3n) is 4.98. The molecule has 0 amide bonds. The Kier molecular flexibility index (Phi) is 4.83. The van der Waals surface area contributed by atoms with Gasteiger partial charge in [-0.2, -0.15) is 0 Å². The number of benzene rings is 2. The first kappa shape index (κ1) is 17.2. The molecule has 0 saturated heterocycles. The third kappa shape index (κ3) is 3.67. The molecule has 4 rings (SSSR count). The van der Waals surface area contributed by atoms with Gasteiger partial charge in [0.05, 0.1) is 5.69 Å². The molecule has 2 N–H and O–H groups in total. The summed E-state index contributed by atoms with van der Waals surface area (Å²) in [6.07, 6.45) is 4.71. The van der Waals surface area contributed by atoms with E-state index in [1.165, 1.54) is 11.9 Å². The molecule has 1 aliphatic carbocycles. The van der Waals surface area contributed by atoms with Crippen molar-refractivity contribution in [2.24, 2.45) is 0 Å².